The smallest absolute Gasteiger partial charge is 0.148 e. The number of nitrogen functional groups attached to an aromatic ring is 1. The first-order chi connectivity index (χ1) is 7.08. The van der Waals surface area contributed by atoms with Crippen molar-refractivity contribution in [1.29, 1.82) is 0 Å². The van der Waals surface area contributed by atoms with E-state index in [1.54, 1.807) is 12.1 Å². The Morgan fingerprint density at radius 2 is 2.13 bits per heavy atom. The Balaban J connectivity index is 2.33. The predicted octanol–water partition coefficient (Wildman–Crippen LogP) is 0.878. The van der Waals surface area contributed by atoms with Gasteiger partial charge in [-0.3, -0.25) is 0 Å². The minimum Gasteiger partial charge on any atom is -0.391 e. The fraction of sp³-hybridized carbons (Fsp3) is 0.600. The minimum absolute atomic E-state index is 0.357. The number of nitrogens with two attached hydrogens (primary N) is 1. The SMILES string of the molecule is CC(C)CC(O)CNc1ccc(N)nn1. The Morgan fingerprint density at radius 1 is 1.40 bits per heavy atom. The number of aromatic nitrogens is 2. The second kappa shape index (κ2) is 5.50. The normalized spacial score (nSPS) is 12.8. The Bertz CT molecular complexity index is 286. The van der Waals surface area contributed by atoms with Crippen LogP contribution in [0.2, 0.25) is 0 Å². The van der Waals surface area contributed by atoms with Gasteiger partial charge in [0.05, 0.1) is 6.10 Å². The quantitative estimate of drug-likeness (QED) is 0.671. The van der Waals surface area contributed by atoms with E-state index in [9.17, 15) is 5.11 Å². The molecule has 0 spiro atoms. The molecule has 1 heterocycles. The number of hydrogen-bond acceptors (Lipinski definition) is 5. The van der Waals surface area contributed by atoms with E-state index in [0.717, 1.165) is 6.42 Å². The van der Waals surface area contributed by atoms with Crippen molar-refractivity contribution in [3.05, 3.63) is 12.1 Å². The summed E-state index contributed by atoms with van der Waals surface area (Å²) in [6.45, 7) is 4.63. The van der Waals surface area contributed by atoms with Gasteiger partial charge in [0.25, 0.3) is 0 Å². The van der Waals surface area contributed by atoms with E-state index < -0.39 is 0 Å². The van der Waals surface area contributed by atoms with Gasteiger partial charge in [-0.05, 0) is 24.5 Å². The summed E-state index contributed by atoms with van der Waals surface area (Å²) >= 11 is 0. The van der Waals surface area contributed by atoms with Crippen LogP contribution in [0.1, 0.15) is 20.3 Å². The van der Waals surface area contributed by atoms with E-state index >= 15 is 0 Å². The molecule has 1 atom stereocenters. The Kier molecular flexibility index (Phi) is 4.30. The Hall–Kier alpha value is -1.36. The highest BCUT2D eigenvalue weighted by Crippen LogP contribution is 2.06. The summed E-state index contributed by atoms with van der Waals surface area (Å²) in [5.41, 5.74) is 5.40. The zero-order valence-corrected chi connectivity index (χ0v) is 9.14. The molecule has 1 unspecified atom stereocenters. The van der Waals surface area contributed by atoms with Crippen molar-refractivity contribution in [2.24, 2.45) is 5.92 Å². The van der Waals surface area contributed by atoms with Gasteiger partial charge in [-0.15, -0.1) is 10.2 Å². The third-order valence-electron chi connectivity index (χ3n) is 1.95. The van der Waals surface area contributed by atoms with Crippen LogP contribution >= 0.6 is 0 Å². The average molecular weight is 210 g/mol. The molecule has 84 valence electrons. The van der Waals surface area contributed by atoms with E-state index in [4.69, 9.17) is 5.73 Å². The lowest BCUT2D eigenvalue weighted by molar-refractivity contribution is 0.161. The van der Waals surface area contributed by atoms with Crippen LogP contribution in [0.3, 0.4) is 0 Å². The maximum absolute atomic E-state index is 9.60. The number of aliphatic hydroxyl groups excluding tert-OH is 1. The van der Waals surface area contributed by atoms with E-state index in [2.05, 4.69) is 29.4 Å². The molecule has 15 heavy (non-hydrogen) atoms. The van der Waals surface area contributed by atoms with Gasteiger partial charge >= 0.3 is 0 Å². The molecule has 5 nitrogen and oxygen atoms in total. The van der Waals surface area contributed by atoms with E-state index in [-0.39, 0.29) is 6.10 Å². The van der Waals surface area contributed by atoms with Gasteiger partial charge in [-0.2, -0.15) is 0 Å². The van der Waals surface area contributed by atoms with Crippen LogP contribution in [0.5, 0.6) is 0 Å². The van der Waals surface area contributed by atoms with Gasteiger partial charge in [0.15, 0.2) is 0 Å². The summed E-state index contributed by atoms with van der Waals surface area (Å²) in [4.78, 5) is 0. The Labute approximate surface area is 89.7 Å². The minimum atomic E-state index is -0.357. The van der Waals surface area contributed by atoms with Crippen molar-refractivity contribution in [3.8, 4) is 0 Å². The van der Waals surface area contributed by atoms with Gasteiger partial charge in [0, 0.05) is 6.54 Å². The zero-order chi connectivity index (χ0) is 11.3. The fourth-order valence-corrected chi connectivity index (χ4v) is 1.29. The van der Waals surface area contributed by atoms with Crippen molar-refractivity contribution < 1.29 is 5.11 Å². The molecule has 0 aliphatic rings. The second-order valence-electron chi connectivity index (χ2n) is 4.01. The average Bonchev–Trinajstić information content (AvgIpc) is 2.16. The van der Waals surface area contributed by atoms with Crippen molar-refractivity contribution in [2.45, 2.75) is 26.4 Å². The van der Waals surface area contributed by atoms with Crippen LogP contribution in [0, 0.1) is 5.92 Å². The lowest BCUT2D eigenvalue weighted by atomic mass is 10.1. The number of nitrogens with one attached hydrogen (secondary N) is 1. The number of anilines is 2. The summed E-state index contributed by atoms with van der Waals surface area (Å²) in [7, 11) is 0. The molecule has 0 fully saturated rings. The number of rotatable bonds is 5. The number of hydrogen-bond donors (Lipinski definition) is 3. The lowest BCUT2D eigenvalue weighted by Gasteiger charge is -2.13. The third kappa shape index (κ3) is 4.60. The van der Waals surface area contributed by atoms with Gasteiger partial charge < -0.3 is 16.2 Å². The van der Waals surface area contributed by atoms with Gasteiger partial charge in [0.1, 0.15) is 11.6 Å². The highest BCUT2D eigenvalue weighted by Gasteiger charge is 2.06. The van der Waals surface area contributed by atoms with E-state index in [1.807, 2.05) is 0 Å². The highest BCUT2D eigenvalue weighted by molar-refractivity contribution is 5.38. The van der Waals surface area contributed by atoms with Crippen LogP contribution in [0.25, 0.3) is 0 Å². The highest BCUT2D eigenvalue weighted by atomic mass is 16.3. The summed E-state index contributed by atoms with van der Waals surface area (Å²) in [5.74, 6) is 1.51. The number of aliphatic hydroxyl groups is 1. The van der Waals surface area contributed by atoms with Gasteiger partial charge in [-0.25, -0.2) is 0 Å². The topological polar surface area (TPSA) is 84.1 Å². The molecule has 1 aromatic rings. The van der Waals surface area contributed by atoms with E-state index in [0.29, 0.717) is 24.1 Å². The Morgan fingerprint density at radius 3 is 2.67 bits per heavy atom. The molecule has 0 saturated carbocycles. The fourth-order valence-electron chi connectivity index (χ4n) is 1.29. The maximum atomic E-state index is 9.60. The summed E-state index contributed by atoms with van der Waals surface area (Å²) in [6, 6.07) is 3.41. The van der Waals surface area contributed by atoms with Gasteiger partial charge in [-0.1, -0.05) is 13.8 Å². The van der Waals surface area contributed by atoms with Crippen LogP contribution in [0.4, 0.5) is 11.6 Å². The second-order valence-corrected chi connectivity index (χ2v) is 4.01. The largest absolute Gasteiger partial charge is 0.391 e. The maximum Gasteiger partial charge on any atom is 0.148 e. The van der Waals surface area contributed by atoms with Crippen LogP contribution in [0.15, 0.2) is 12.1 Å². The number of nitrogens with zero attached hydrogens (tertiary/aromatic N) is 2. The van der Waals surface area contributed by atoms with Crippen LogP contribution in [-0.4, -0.2) is 28.0 Å². The monoisotopic (exact) mass is 210 g/mol. The summed E-state index contributed by atoms with van der Waals surface area (Å²) < 4.78 is 0. The summed E-state index contributed by atoms with van der Waals surface area (Å²) in [6.07, 6.45) is 0.416. The molecule has 0 aliphatic heterocycles. The molecule has 0 aliphatic carbocycles. The van der Waals surface area contributed by atoms with Crippen molar-refractivity contribution >= 4 is 11.6 Å². The molecule has 4 N–H and O–H groups in total. The molecule has 1 rings (SSSR count). The molecular weight excluding hydrogens is 192 g/mol. The standard InChI is InChI=1S/C10H18N4O/c1-7(2)5-8(15)6-12-10-4-3-9(11)13-14-10/h3-4,7-8,15H,5-6H2,1-2H3,(H2,11,13)(H,12,14). The predicted molar refractivity (Wildman–Crippen MR) is 60.4 cm³/mol. The summed E-state index contributed by atoms with van der Waals surface area (Å²) in [5, 5.41) is 20.1. The molecule has 1 aromatic heterocycles. The van der Waals surface area contributed by atoms with Crippen molar-refractivity contribution in [3.63, 3.8) is 0 Å². The first-order valence-corrected chi connectivity index (χ1v) is 5.09. The zero-order valence-electron chi connectivity index (χ0n) is 9.14. The van der Waals surface area contributed by atoms with Crippen LogP contribution in [-0.2, 0) is 0 Å². The van der Waals surface area contributed by atoms with Crippen LogP contribution < -0.4 is 11.1 Å². The van der Waals surface area contributed by atoms with Gasteiger partial charge in [0.2, 0.25) is 0 Å². The van der Waals surface area contributed by atoms with Crippen molar-refractivity contribution in [2.75, 3.05) is 17.6 Å². The van der Waals surface area contributed by atoms with Crippen molar-refractivity contribution in [1.82, 2.24) is 10.2 Å². The molecule has 0 radical (unpaired) electrons. The molecule has 5 heteroatoms. The molecular formula is C10H18N4O. The molecule has 0 saturated heterocycles. The molecule has 0 aromatic carbocycles. The lowest BCUT2D eigenvalue weighted by Crippen LogP contribution is -2.21. The molecule has 0 bridgehead atoms. The molecule has 0 amide bonds. The third-order valence-corrected chi connectivity index (χ3v) is 1.95. The first-order valence-electron chi connectivity index (χ1n) is 5.09. The first kappa shape index (κ1) is 11.7. The van der Waals surface area contributed by atoms with E-state index in [1.165, 1.54) is 0 Å².